The molecule has 1 aromatic heterocycles. The Hall–Kier alpha value is -3.52. The van der Waals surface area contributed by atoms with Crippen molar-refractivity contribution in [3.8, 4) is 22.8 Å². The van der Waals surface area contributed by atoms with Crippen molar-refractivity contribution in [1.82, 2.24) is 9.88 Å². The summed E-state index contributed by atoms with van der Waals surface area (Å²) in [5.74, 6) is -2.05. The molecule has 8 heteroatoms. The van der Waals surface area contributed by atoms with Crippen LogP contribution in [0.1, 0.15) is 73.3 Å². The second kappa shape index (κ2) is 11.4. The van der Waals surface area contributed by atoms with E-state index in [1.54, 1.807) is 19.1 Å². The van der Waals surface area contributed by atoms with Crippen LogP contribution in [0.15, 0.2) is 42.6 Å². The number of aryl methyl sites for hydroxylation is 1. The third-order valence-electron chi connectivity index (χ3n) is 8.98. The topological polar surface area (TPSA) is 71.9 Å². The number of benzene rings is 2. The summed E-state index contributed by atoms with van der Waals surface area (Å²) >= 11 is 0. The van der Waals surface area contributed by atoms with Gasteiger partial charge < -0.3 is 14.6 Å². The summed E-state index contributed by atoms with van der Waals surface area (Å²) in [7, 11) is 1.51. The van der Waals surface area contributed by atoms with Gasteiger partial charge in [-0.05, 0) is 85.3 Å². The Morgan fingerprint density at radius 1 is 1.12 bits per heavy atom. The number of rotatable bonds is 9. The maximum absolute atomic E-state index is 16.1. The quantitative estimate of drug-likeness (QED) is 0.306. The molecular weight excluding hydrogens is 526 g/mol. The van der Waals surface area contributed by atoms with Crippen LogP contribution in [-0.2, 0) is 17.8 Å². The molecule has 2 fully saturated rings. The minimum Gasteiger partial charge on any atom is -0.482 e. The lowest BCUT2D eigenvalue weighted by Gasteiger charge is -2.30. The van der Waals surface area contributed by atoms with Gasteiger partial charge in [0.25, 0.3) is 0 Å². The number of likely N-dealkylation sites (tertiary alicyclic amines) is 1. The van der Waals surface area contributed by atoms with Crippen molar-refractivity contribution in [2.24, 2.45) is 11.8 Å². The molecule has 3 heterocycles. The highest BCUT2D eigenvalue weighted by atomic mass is 19.1. The van der Waals surface area contributed by atoms with Crippen LogP contribution in [0.2, 0.25) is 0 Å². The average Bonchev–Trinajstić information content (AvgIpc) is 3.68. The first-order valence-electron chi connectivity index (χ1n) is 14.6. The third-order valence-corrected chi connectivity index (χ3v) is 8.98. The Kier molecular flexibility index (Phi) is 7.68. The van der Waals surface area contributed by atoms with Crippen LogP contribution in [-0.4, -0.2) is 41.2 Å². The van der Waals surface area contributed by atoms with Crippen LogP contribution in [0.3, 0.4) is 0 Å². The van der Waals surface area contributed by atoms with Gasteiger partial charge in [0.1, 0.15) is 11.9 Å². The number of carbonyl (C=O) groups is 1. The Morgan fingerprint density at radius 2 is 1.90 bits per heavy atom. The van der Waals surface area contributed by atoms with E-state index < -0.39 is 23.5 Å². The predicted molar refractivity (Wildman–Crippen MR) is 151 cm³/mol. The van der Waals surface area contributed by atoms with Crippen LogP contribution < -0.4 is 9.47 Å². The second-order valence-corrected chi connectivity index (χ2v) is 11.7. The number of carboxylic acid groups (broad SMARTS) is 1. The molecule has 3 aliphatic rings. The first kappa shape index (κ1) is 27.6. The van der Waals surface area contributed by atoms with E-state index in [0.717, 1.165) is 61.0 Å². The SMILES string of the molecule is COc1cc(-c2ccc([C@@H]3CCc4ccc([C@H](C5CC5)[C@H](C)C(=O)O)c(F)c4O3)cc2CN2CCCC2)c(F)cn1. The monoisotopic (exact) mass is 562 g/mol. The highest BCUT2D eigenvalue weighted by molar-refractivity contribution is 5.71. The predicted octanol–water partition coefficient (Wildman–Crippen LogP) is 6.91. The fourth-order valence-electron chi connectivity index (χ4n) is 6.58. The maximum atomic E-state index is 16.1. The number of fused-ring (bicyclic) bond motifs is 1. The number of pyridine rings is 1. The highest BCUT2D eigenvalue weighted by Gasteiger charge is 2.41. The second-order valence-electron chi connectivity index (χ2n) is 11.7. The molecule has 216 valence electrons. The molecule has 2 aliphatic heterocycles. The molecule has 0 amide bonds. The molecule has 0 spiro atoms. The normalized spacial score (nSPS) is 20.2. The third kappa shape index (κ3) is 5.54. The molecule has 3 atom stereocenters. The smallest absolute Gasteiger partial charge is 0.306 e. The van der Waals surface area contributed by atoms with E-state index in [1.165, 1.54) is 13.3 Å². The zero-order valence-corrected chi connectivity index (χ0v) is 23.5. The first-order valence-corrected chi connectivity index (χ1v) is 14.6. The van der Waals surface area contributed by atoms with Crippen LogP contribution in [0.4, 0.5) is 8.78 Å². The lowest BCUT2D eigenvalue weighted by Crippen LogP contribution is -2.23. The average molecular weight is 563 g/mol. The van der Waals surface area contributed by atoms with Gasteiger partial charge in [0.2, 0.25) is 5.88 Å². The molecule has 6 rings (SSSR count). The van der Waals surface area contributed by atoms with Gasteiger partial charge in [0.05, 0.1) is 19.2 Å². The number of nitrogens with zero attached hydrogens (tertiary/aromatic N) is 2. The fourth-order valence-corrected chi connectivity index (χ4v) is 6.58. The lowest BCUT2D eigenvalue weighted by atomic mass is 9.82. The van der Waals surface area contributed by atoms with E-state index in [-0.39, 0.29) is 23.7 Å². The number of halogens is 2. The summed E-state index contributed by atoms with van der Waals surface area (Å²) in [6, 6.07) is 11.2. The Morgan fingerprint density at radius 3 is 2.61 bits per heavy atom. The molecule has 0 bridgehead atoms. The van der Waals surface area contributed by atoms with Gasteiger partial charge in [-0.25, -0.2) is 13.8 Å². The van der Waals surface area contributed by atoms with Crippen LogP contribution >= 0.6 is 0 Å². The summed E-state index contributed by atoms with van der Waals surface area (Å²) in [4.78, 5) is 18.2. The van der Waals surface area contributed by atoms with E-state index in [9.17, 15) is 14.3 Å². The van der Waals surface area contributed by atoms with Crippen molar-refractivity contribution in [1.29, 1.82) is 0 Å². The molecule has 2 aromatic carbocycles. The molecule has 1 saturated heterocycles. The van der Waals surface area contributed by atoms with E-state index in [4.69, 9.17) is 9.47 Å². The van der Waals surface area contributed by atoms with Crippen molar-refractivity contribution in [3.63, 3.8) is 0 Å². The lowest BCUT2D eigenvalue weighted by molar-refractivity contribution is -0.142. The number of ether oxygens (including phenoxy) is 2. The van der Waals surface area contributed by atoms with Gasteiger partial charge in [-0.15, -0.1) is 0 Å². The summed E-state index contributed by atoms with van der Waals surface area (Å²) in [5, 5.41) is 9.70. The zero-order valence-electron chi connectivity index (χ0n) is 23.5. The number of aliphatic carboxylic acids is 1. The summed E-state index contributed by atoms with van der Waals surface area (Å²) in [6.07, 6.45) is 6.26. The Balaban J connectivity index is 1.34. The number of aromatic nitrogens is 1. The van der Waals surface area contributed by atoms with Crippen LogP contribution in [0.5, 0.6) is 11.6 Å². The first-order chi connectivity index (χ1) is 19.8. The Bertz CT molecular complexity index is 1450. The van der Waals surface area contributed by atoms with Crippen molar-refractivity contribution in [2.75, 3.05) is 20.2 Å². The minimum absolute atomic E-state index is 0.181. The number of hydrogen-bond acceptors (Lipinski definition) is 5. The van der Waals surface area contributed by atoms with Gasteiger partial charge in [0.15, 0.2) is 11.6 Å². The number of carboxylic acids is 1. The molecule has 1 aliphatic carbocycles. The molecular formula is C33H36F2N2O4. The molecule has 1 saturated carbocycles. The number of methoxy groups -OCH3 is 1. The standard InChI is InChI=1S/C33H36F2N2O4/c1-19(33(38)39)30(20-5-6-20)25-11-7-21-9-12-28(41-32(21)31(25)35)22-8-10-24(23(15-22)18-37-13-3-4-14-37)26-16-29(40-2)36-17-27(26)34/h7-8,10-11,15-17,19-20,28,30H,3-6,9,12-14,18H2,1-2H3,(H,38,39)/t19-,28-,30-/m0/s1. The van der Waals surface area contributed by atoms with E-state index >= 15 is 4.39 Å². The number of hydrogen-bond donors (Lipinski definition) is 1. The Labute approximate surface area is 239 Å². The summed E-state index contributed by atoms with van der Waals surface area (Å²) in [6.45, 7) is 4.32. The van der Waals surface area contributed by atoms with E-state index in [0.29, 0.717) is 36.4 Å². The molecule has 6 nitrogen and oxygen atoms in total. The van der Waals surface area contributed by atoms with Crippen molar-refractivity contribution >= 4 is 5.97 Å². The van der Waals surface area contributed by atoms with Gasteiger partial charge in [-0.2, -0.15) is 0 Å². The minimum atomic E-state index is -0.910. The van der Waals surface area contributed by atoms with Crippen LogP contribution in [0, 0.1) is 23.5 Å². The van der Waals surface area contributed by atoms with Crippen LogP contribution in [0.25, 0.3) is 11.1 Å². The van der Waals surface area contributed by atoms with Gasteiger partial charge in [0, 0.05) is 24.1 Å². The van der Waals surface area contributed by atoms with Crippen molar-refractivity contribution < 1.29 is 28.2 Å². The van der Waals surface area contributed by atoms with Gasteiger partial charge in [-0.1, -0.05) is 37.3 Å². The molecule has 0 unspecified atom stereocenters. The summed E-state index contributed by atoms with van der Waals surface area (Å²) < 4.78 is 42.7. The van der Waals surface area contributed by atoms with Gasteiger partial charge >= 0.3 is 5.97 Å². The maximum Gasteiger partial charge on any atom is 0.306 e. The summed E-state index contributed by atoms with van der Waals surface area (Å²) in [5.41, 5.74) is 4.34. The van der Waals surface area contributed by atoms with Gasteiger partial charge in [-0.3, -0.25) is 9.69 Å². The molecule has 1 N–H and O–H groups in total. The molecule has 41 heavy (non-hydrogen) atoms. The highest BCUT2D eigenvalue weighted by Crippen LogP contribution is 2.50. The zero-order chi connectivity index (χ0) is 28.7. The largest absolute Gasteiger partial charge is 0.482 e. The van der Waals surface area contributed by atoms with E-state index in [2.05, 4.69) is 16.0 Å². The fraction of sp³-hybridized carbons (Fsp3) is 0.455. The van der Waals surface area contributed by atoms with Crippen molar-refractivity contribution in [3.05, 3.63) is 76.5 Å². The molecule has 0 radical (unpaired) electrons. The molecule has 3 aromatic rings. The van der Waals surface area contributed by atoms with E-state index in [1.807, 2.05) is 18.2 Å². The van der Waals surface area contributed by atoms with Crippen molar-refractivity contribution in [2.45, 2.75) is 64.0 Å².